The molecule has 0 aliphatic rings. The van der Waals surface area contributed by atoms with Crippen LogP contribution in [-0.2, 0) is 4.79 Å². The first kappa shape index (κ1) is 14.5. The molecule has 0 fully saturated rings. The van der Waals surface area contributed by atoms with Gasteiger partial charge in [-0.05, 0) is 31.4 Å². The molecule has 20 heavy (non-hydrogen) atoms. The quantitative estimate of drug-likeness (QED) is 0.875. The van der Waals surface area contributed by atoms with Gasteiger partial charge in [0.1, 0.15) is 0 Å². The summed E-state index contributed by atoms with van der Waals surface area (Å²) in [6.07, 6.45) is 4.31. The molecule has 2 aromatic rings. The summed E-state index contributed by atoms with van der Waals surface area (Å²) in [7, 11) is 0. The van der Waals surface area contributed by atoms with E-state index < -0.39 is 0 Å². The third-order valence-electron chi connectivity index (χ3n) is 4.39. The first-order valence-electron chi connectivity index (χ1n) is 7.32. The molecule has 3 heteroatoms. The first-order chi connectivity index (χ1) is 9.66. The maximum atomic E-state index is 12.6. The molecule has 1 N–H and O–H groups in total. The fourth-order valence-corrected chi connectivity index (χ4v) is 2.69. The Balaban J connectivity index is 2.35. The van der Waals surface area contributed by atoms with Gasteiger partial charge in [0.2, 0.25) is 5.91 Å². The molecule has 1 amide bonds. The average molecular weight is 270 g/mol. The van der Waals surface area contributed by atoms with Gasteiger partial charge in [0.15, 0.2) is 0 Å². The summed E-state index contributed by atoms with van der Waals surface area (Å²) in [5, 5.41) is 4.12. The zero-order valence-electron chi connectivity index (χ0n) is 12.4. The van der Waals surface area contributed by atoms with Crippen LogP contribution in [0.15, 0.2) is 36.5 Å². The monoisotopic (exact) mass is 270 g/mol. The van der Waals surface area contributed by atoms with Gasteiger partial charge in [-0.1, -0.05) is 39.0 Å². The number of anilines is 1. The number of hydrogen-bond donors (Lipinski definition) is 1. The normalized spacial score (nSPS) is 11.6. The molecule has 0 aliphatic carbocycles. The zero-order valence-corrected chi connectivity index (χ0v) is 12.4. The summed E-state index contributed by atoms with van der Waals surface area (Å²) in [6, 6.07) is 9.78. The van der Waals surface area contributed by atoms with E-state index in [1.165, 1.54) is 0 Å². The number of rotatable bonds is 5. The minimum atomic E-state index is -0.281. The number of pyridine rings is 1. The van der Waals surface area contributed by atoms with Crippen molar-refractivity contribution in [2.24, 2.45) is 5.41 Å². The highest BCUT2D eigenvalue weighted by atomic mass is 16.2. The molecule has 0 spiro atoms. The van der Waals surface area contributed by atoms with Crippen LogP contribution in [0.25, 0.3) is 10.9 Å². The molecule has 0 saturated heterocycles. The predicted octanol–water partition coefficient (Wildman–Crippen LogP) is 4.39. The van der Waals surface area contributed by atoms with Gasteiger partial charge in [0.05, 0.1) is 11.2 Å². The summed E-state index contributed by atoms with van der Waals surface area (Å²) in [5.41, 5.74) is 1.37. The second kappa shape index (κ2) is 6.04. The standard InChI is InChI=1S/C17H22N2O/c1-4-17(5-2,6-3)16(20)19-14-11-7-9-13-10-8-12-18-15(13)14/h7-12H,4-6H2,1-3H3,(H,19,20). The fourth-order valence-electron chi connectivity index (χ4n) is 2.69. The van der Waals surface area contributed by atoms with Gasteiger partial charge in [0, 0.05) is 17.0 Å². The second-order valence-corrected chi connectivity index (χ2v) is 5.18. The number of aromatic nitrogens is 1. The summed E-state index contributed by atoms with van der Waals surface area (Å²) in [5.74, 6) is 0.100. The number of nitrogens with one attached hydrogen (secondary N) is 1. The van der Waals surface area contributed by atoms with Crippen LogP contribution in [-0.4, -0.2) is 10.9 Å². The minimum absolute atomic E-state index is 0.100. The number of hydrogen-bond acceptors (Lipinski definition) is 2. The van der Waals surface area contributed by atoms with E-state index in [9.17, 15) is 4.79 Å². The fraction of sp³-hybridized carbons (Fsp3) is 0.412. The van der Waals surface area contributed by atoms with E-state index in [2.05, 4.69) is 31.1 Å². The molecular weight excluding hydrogens is 248 g/mol. The van der Waals surface area contributed by atoms with E-state index in [0.717, 1.165) is 35.9 Å². The molecule has 0 radical (unpaired) electrons. The molecule has 1 aromatic heterocycles. The molecule has 0 unspecified atom stereocenters. The smallest absolute Gasteiger partial charge is 0.230 e. The van der Waals surface area contributed by atoms with Crippen LogP contribution in [0.3, 0.4) is 0 Å². The Morgan fingerprint density at radius 2 is 1.75 bits per heavy atom. The van der Waals surface area contributed by atoms with Gasteiger partial charge < -0.3 is 5.32 Å². The van der Waals surface area contributed by atoms with Crippen molar-refractivity contribution in [2.75, 3.05) is 5.32 Å². The molecule has 2 rings (SSSR count). The Morgan fingerprint density at radius 3 is 2.40 bits per heavy atom. The number of para-hydroxylation sites is 1. The van der Waals surface area contributed by atoms with Gasteiger partial charge in [-0.3, -0.25) is 9.78 Å². The third kappa shape index (κ3) is 2.53. The molecule has 0 atom stereocenters. The molecule has 0 bridgehead atoms. The van der Waals surface area contributed by atoms with Crippen LogP contribution < -0.4 is 5.32 Å². The van der Waals surface area contributed by atoms with Gasteiger partial charge in [-0.15, -0.1) is 0 Å². The third-order valence-corrected chi connectivity index (χ3v) is 4.39. The number of benzene rings is 1. The number of fused-ring (bicyclic) bond motifs is 1. The lowest BCUT2D eigenvalue weighted by Gasteiger charge is -2.29. The van der Waals surface area contributed by atoms with Crippen molar-refractivity contribution >= 4 is 22.5 Å². The van der Waals surface area contributed by atoms with Crippen molar-refractivity contribution in [1.82, 2.24) is 4.98 Å². The van der Waals surface area contributed by atoms with Crippen molar-refractivity contribution in [3.63, 3.8) is 0 Å². The number of carbonyl (C=O) groups excluding carboxylic acids is 1. The average Bonchev–Trinajstić information content (AvgIpc) is 2.50. The van der Waals surface area contributed by atoms with Gasteiger partial charge >= 0.3 is 0 Å². The van der Waals surface area contributed by atoms with E-state index in [0.29, 0.717) is 0 Å². The second-order valence-electron chi connectivity index (χ2n) is 5.18. The Labute approximate surface area is 120 Å². The maximum absolute atomic E-state index is 12.6. The van der Waals surface area contributed by atoms with Gasteiger partial charge in [-0.2, -0.15) is 0 Å². The summed E-state index contributed by atoms with van der Waals surface area (Å²) < 4.78 is 0. The lowest BCUT2D eigenvalue weighted by Crippen LogP contribution is -2.34. The lowest BCUT2D eigenvalue weighted by molar-refractivity contribution is -0.126. The Kier molecular flexibility index (Phi) is 4.38. The van der Waals surface area contributed by atoms with E-state index >= 15 is 0 Å². The Bertz CT molecular complexity index is 589. The van der Waals surface area contributed by atoms with Crippen molar-refractivity contribution in [3.8, 4) is 0 Å². The molecular formula is C17H22N2O. The summed E-state index contributed by atoms with van der Waals surface area (Å²) in [4.78, 5) is 17.0. The summed E-state index contributed by atoms with van der Waals surface area (Å²) in [6.45, 7) is 6.23. The largest absolute Gasteiger partial charge is 0.324 e. The Hall–Kier alpha value is -1.90. The minimum Gasteiger partial charge on any atom is -0.324 e. The molecule has 3 nitrogen and oxygen atoms in total. The van der Waals surface area contributed by atoms with Crippen molar-refractivity contribution in [3.05, 3.63) is 36.5 Å². The molecule has 0 aliphatic heterocycles. The zero-order chi connectivity index (χ0) is 14.6. The highest BCUT2D eigenvalue weighted by Gasteiger charge is 2.33. The van der Waals surface area contributed by atoms with Gasteiger partial charge in [0.25, 0.3) is 0 Å². The van der Waals surface area contributed by atoms with E-state index in [1.54, 1.807) is 6.20 Å². The van der Waals surface area contributed by atoms with Gasteiger partial charge in [-0.25, -0.2) is 0 Å². The molecule has 1 aromatic carbocycles. The van der Waals surface area contributed by atoms with E-state index in [-0.39, 0.29) is 11.3 Å². The molecule has 0 saturated carbocycles. The van der Waals surface area contributed by atoms with Crippen LogP contribution in [0.2, 0.25) is 0 Å². The van der Waals surface area contributed by atoms with Crippen LogP contribution in [0.4, 0.5) is 5.69 Å². The SMILES string of the molecule is CCC(CC)(CC)C(=O)Nc1cccc2cccnc12. The van der Waals surface area contributed by atoms with Crippen molar-refractivity contribution < 1.29 is 4.79 Å². The van der Waals surface area contributed by atoms with E-state index in [1.807, 2.05) is 30.3 Å². The highest BCUT2D eigenvalue weighted by Crippen LogP contribution is 2.32. The molecule has 1 heterocycles. The lowest BCUT2D eigenvalue weighted by atomic mass is 9.79. The van der Waals surface area contributed by atoms with Crippen LogP contribution >= 0.6 is 0 Å². The summed E-state index contributed by atoms with van der Waals surface area (Å²) >= 11 is 0. The van der Waals surface area contributed by atoms with Crippen LogP contribution in [0.1, 0.15) is 40.0 Å². The van der Waals surface area contributed by atoms with Crippen LogP contribution in [0, 0.1) is 5.41 Å². The predicted molar refractivity (Wildman–Crippen MR) is 83.7 cm³/mol. The van der Waals surface area contributed by atoms with Crippen LogP contribution in [0.5, 0.6) is 0 Å². The van der Waals surface area contributed by atoms with Crippen molar-refractivity contribution in [2.45, 2.75) is 40.0 Å². The Morgan fingerprint density at radius 1 is 1.10 bits per heavy atom. The first-order valence-corrected chi connectivity index (χ1v) is 7.32. The number of amides is 1. The topological polar surface area (TPSA) is 42.0 Å². The number of nitrogens with zero attached hydrogens (tertiary/aromatic N) is 1. The van der Waals surface area contributed by atoms with E-state index in [4.69, 9.17) is 0 Å². The highest BCUT2D eigenvalue weighted by molar-refractivity contribution is 6.02. The molecule has 106 valence electrons. The maximum Gasteiger partial charge on any atom is 0.230 e. The van der Waals surface area contributed by atoms with Crippen molar-refractivity contribution in [1.29, 1.82) is 0 Å². The number of carbonyl (C=O) groups is 1.